The summed E-state index contributed by atoms with van der Waals surface area (Å²) in [4.78, 5) is 14.5. The molecule has 5 heteroatoms. The minimum absolute atomic E-state index is 0.0514. The lowest BCUT2D eigenvalue weighted by Crippen LogP contribution is -2.55. The molecular weight excluding hydrogens is 290 g/mol. The maximum Gasteiger partial charge on any atom is 0.319 e. The van der Waals surface area contributed by atoms with Gasteiger partial charge in [0.15, 0.2) is 0 Å². The average molecular weight is 319 g/mol. The molecule has 0 saturated heterocycles. The second-order valence-electron chi connectivity index (χ2n) is 6.83. The summed E-state index contributed by atoms with van der Waals surface area (Å²) in [5.41, 5.74) is 0.735. The highest BCUT2D eigenvalue weighted by Gasteiger charge is 2.37. The van der Waals surface area contributed by atoms with Gasteiger partial charge < -0.3 is 20.3 Å². The van der Waals surface area contributed by atoms with Crippen molar-refractivity contribution >= 4 is 11.7 Å². The number of para-hydroxylation sites is 2. The second-order valence-corrected chi connectivity index (χ2v) is 6.83. The smallest absolute Gasteiger partial charge is 0.319 e. The first kappa shape index (κ1) is 17.6. The zero-order chi connectivity index (χ0) is 16.9. The van der Waals surface area contributed by atoms with Gasteiger partial charge in [0.25, 0.3) is 0 Å². The van der Waals surface area contributed by atoms with Crippen molar-refractivity contribution in [2.75, 3.05) is 33.1 Å². The van der Waals surface area contributed by atoms with E-state index < -0.39 is 0 Å². The summed E-state index contributed by atoms with van der Waals surface area (Å²) in [7, 11) is 5.82. The van der Waals surface area contributed by atoms with Crippen molar-refractivity contribution in [3.63, 3.8) is 0 Å². The molecule has 1 aliphatic carbocycles. The predicted molar refractivity (Wildman–Crippen MR) is 94.1 cm³/mol. The molecule has 1 aliphatic rings. The van der Waals surface area contributed by atoms with Crippen LogP contribution in [0.5, 0.6) is 5.75 Å². The number of rotatable bonds is 5. The average Bonchev–Trinajstić information content (AvgIpc) is 2.53. The van der Waals surface area contributed by atoms with E-state index in [4.69, 9.17) is 4.74 Å². The third-order valence-corrected chi connectivity index (χ3v) is 4.95. The van der Waals surface area contributed by atoms with Gasteiger partial charge in [-0.1, -0.05) is 31.9 Å². The predicted octanol–water partition coefficient (Wildman–Crippen LogP) is 3.33. The summed E-state index contributed by atoms with van der Waals surface area (Å²) in [5, 5.41) is 5.92. The standard InChI is InChI=1S/C18H29N3O2/c1-14-8-7-11-18(12-14,21(2)3)13-19-17(22)20-15-9-5-6-10-16(15)23-4/h5-6,9-10,14H,7-8,11-13H2,1-4H3,(H2,19,20,22)/t14-,18-/m1/s1. The Kier molecular flexibility index (Phi) is 5.88. The highest BCUT2D eigenvalue weighted by atomic mass is 16.5. The molecule has 0 spiro atoms. The van der Waals surface area contributed by atoms with Crippen molar-refractivity contribution in [2.24, 2.45) is 5.92 Å². The zero-order valence-corrected chi connectivity index (χ0v) is 14.7. The van der Waals surface area contributed by atoms with Crippen molar-refractivity contribution in [1.29, 1.82) is 0 Å². The lowest BCUT2D eigenvalue weighted by atomic mass is 9.75. The fourth-order valence-electron chi connectivity index (χ4n) is 3.52. The topological polar surface area (TPSA) is 53.6 Å². The normalized spacial score (nSPS) is 24.3. The quantitative estimate of drug-likeness (QED) is 0.875. The summed E-state index contributed by atoms with van der Waals surface area (Å²) in [5.74, 6) is 1.36. The van der Waals surface area contributed by atoms with Gasteiger partial charge in [-0.15, -0.1) is 0 Å². The van der Waals surface area contributed by atoms with Crippen LogP contribution in [0.2, 0.25) is 0 Å². The second kappa shape index (κ2) is 7.68. The van der Waals surface area contributed by atoms with Gasteiger partial charge in [-0.3, -0.25) is 0 Å². The van der Waals surface area contributed by atoms with E-state index >= 15 is 0 Å². The Bertz CT molecular complexity index is 533. The summed E-state index contributed by atoms with van der Waals surface area (Å²) in [6, 6.07) is 7.24. The SMILES string of the molecule is COc1ccccc1NC(=O)NC[C@@]1(N(C)C)CCC[C@@H](C)C1. The van der Waals surface area contributed by atoms with Crippen LogP contribution in [0.25, 0.3) is 0 Å². The summed E-state index contributed by atoms with van der Waals surface area (Å²) < 4.78 is 5.26. The van der Waals surface area contributed by atoms with Crippen molar-refractivity contribution < 1.29 is 9.53 Å². The molecule has 1 aromatic carbocycles. The number of methoxy groups -OCH3 is 1. The molecule has 1 aromatic rings. The maximum absolute atomic E-state index is 12.3. The van der Waals surface area contributed by atoms with Crippen LogP contribution in [0.4, 0.5) is 10.5 Å². The fraction of sp³-hybridized carbons (Fsp3) is 0.611. The molecule has 2 rings (SSSR count). The van der Waals surface area contributed by atoms with Crippen molar-refractivity contribution in [2.45, 2.75) is 38.1 Å². The molecule has 23 heavy (non-hydrogen) atoms. The third kappa shape index (κ3) is 4.38. The Hall–Kier alpha value is -1.75. The number of urea groups is 1. The monoisotopic (exact) mass is 319 g/mol. The van der Waals surface area contributed by atoms with Crippen LogP contribution in [0, 0.1) is 5.92 Å². The Morgan fingerprint density at radius 1 is 1.39 bits per heavy atom. The first-order chi connectivity index (χ1) is 11.0. The zero-order valence-electron chi connectivity index (χ0n) is 14.7. The Morgan fingerprint density at radius 2 is 2.13 bits per heavy atom. The molecule has 1 fully saturated rings. The number of benzene rings is 1. The Balaban J connectivity index is 1.97. The molecule has 5 nitrogen and oxygen atoms in total. The molecule has 2 N–H and O–H groups in total. The molecule has 128 valence electrons. The number of hydrogen-bond acceptors (Lipinski definition) is 3. The molecule has 1 saturated carbocycles. The van der Waals surface area contributed by atoms with Gasteiger partial charge in [0.1, 0.15) is 5.75 Å². The third-order valence-electron chi connectivity index (χ3n) is 4.95. The van der Waals surface area contributed by atoms with Gasteiger partial charge in [0.2, 0.25) is 0 Å². The summed E-state index contributed by atoms with van der Waals surface area (Å²) >= 11 is 0. The number of carbonyl (C=O) groups is 1. The first-order valence-corrected chi connectivity index (χ1v) is 8.32. The molecule has 0 radical (unpaired) electrons. The van der Waals surface area contributed by atoms with Gasteiger partial charge in [-0.2, -0.15) is 0 Å². The molecule has 2 atom stereocenters. The van der Waals surface area contributed by atoms with Gasteiger partial charge in [-0.25, -0.2) is 4.79 Å². The van der Waals surface area contributed by atoms with Crippen molar-refractivity contribution in [3.05, 3.63) is 24.3 Å². The first-order valence-electron chi connectivity index (χ1n) is 8.32. The van der Waals surface area contributed by atoms with Gasteiger partial charge in [-0.05, 0) is 45.0 Å². The van der Waals surface area contributed by atoms with Crippen LogP contribution in [0.15, 0.2) is 24.3 Å². The molecule has 0 heterocycles. The lowest BCUT2D eigenvalue weighted by molar-refractivity contribution is 0.0779. The van der Waals surface area contributed by atoms with E-state index in [1.165, 1.54) is 12.8 Å². The molecule has 0 unspecified atom stereocenters. The minimum Gasteiger partial charge on any atom is -0.495 e. The number of carbonyl (C=O) groups excluding carboxylic acids is 1. The largest absolute Gasteiger partial charge is 0.495 e. The van der Waals surface area contributed by atoms with Crippen LogP contribution >= 0.6 is 0 Å². The molecular formula is C18H29N3O2. The van der Waals surface area contributed by atoms with Gasteiger partial charge in [0.05, 0.1) is 12.8 Å². The van der Waals surface area contributed by atoms with Crippen molar-refractivity contribution in [1.82, 2.24) is 10.2 Å². The minimum atomic E-state index is -0.186. The Morgan fingerprint density at radius 3 is 2.78 bits per heavy atom. The van der Waals surface area contributed by atoms with E-state index in [2.05, 4.69) is 36.6 Å². The number of amides is 2. The Labute approximate surface area is 139 Å². The molecule has 2 amide bonds. The molecule has 0 aromatic heterocycles. The van der Waals surface area contributed by atoms with E-state index in [0.717, 1.165) is 12.8 Å². The van der Waals surface area contributed by atoms with Crippen LogP contribution in [-0.2, 0) is 0 Å². The number of nitrogens with zero attached hydrogens (tertiary/aromatic N) is 1. The van der Waals surface area contributed by atoms with Crippen LogP contribution in [0.3, 0.4) is 0 Å². The number of nitrogens with one attached hydrogen (secondary N) is 2. The molecule has 0 aliphatic heterocycles. The van der Waals surface area contributed by atoms with Crippen molar-refractivity contribution in [3.8, 4) is 5.75 Å². The van der Waals surface area contributed by atoms with Gasteiger partial charge in [0, 0.05) is 12.1 Å². The number of anilines is 1. The summed E-state index contributed by atoms with van der Waals surface area (Å²) in [6.07, 6.45) is 4.74. The molecule has 0 bridgehead atoms. The van der Waals surface area contributed by atoms with E-state index in [1.54, 1.807) is 7.11 Å². The summed E-state index contributed by atoms with van der Waals surface area (Å²) in [6.45, 7) is 2.96. The number of hydrogen-bond donors (Lipinski definition) is 2. The number of ether oxygens (including phenoxy) is 1. The van der Waals surface area contributed by atoms with Crippen LogP contribution < -0.4 is 15.4 Å². The number of likely N-dealkylation sites (N-methyl/N-ethyl adjacent to an activating group) is 1. The fourth-order valence-corrected chi connectivity index (χ4v) is 3.52. The van der Waals surface area contributed by atoms with E-state index in [9.17, 15) is 4.79 Å². The highest BCUT2D eigenvalue weighted by molar-refractivity contribution is 5.90. The maximum atomic E-state index is 12.3. The highest BCUT2D eigenvalue weighted by Crippen LogP contribution is 2.35. The van der Waals surface area contributed by atoms with Crippen LogP contribution in [-0.4, -0.2) is 44.2 Å². The van der Waals surface area contributed by atoms with E-state index in [0.29, 0.717) is 23.9 Å². The van der Waals surface area contributed by atoms with Gasteiger partial charge >= 0.3 is 6.03 Å². The lowest BCUT2D eigenvalue weighted by Gasteiger charge is -2.45. The van der Waals surface area contributed by atoms with E-state index in [1.807, 2.05) is 24.3 Å². The van der Waals surface area contributed by atoms with Crippen LogP contribution in [0.1, 0.15) is 32.6 Å². The van der Waals surface area contributed by atoms with E-state index in [-0.39, 0.29) is 11.6 Å².